The van der Waals surface area contributed by atoms with Gasteiger partial charge < -0.3 is 10.2 Å². The molecule has 1 atom stereocenters. The lowest BCUT2D eigenvalue weighted by molar-refractivity contribution is 0.172. The van der Waals surface area contributed by atoms with Crippen LogP contribution in [0.4, 0.5) is 0 Å². The first-order valence-electron chi connectivity index (χ1n) is 6.62. The summed E-state index contributed by atoms with van der Waals surface area (Å²) >= 11 is 0. The summed E-state index contributed by atoms with van der Waals surface area (Å²) < 4.78 is 0. The van der Waals surface area contributed by atoms with Crippen molar-refractivity contribution in [3.8, 4) is 5.75 Å². The summed E-state index contributed by atoms with van der Waals surface area (Å²) in [6.45, 7) is 4.16. The highest BCUT2D eigenvalue weighted by atomic mass is 16.3. The van der Waals surface area contributed by atoms with Gasteiger partial charge in [-0.2, -0.15) is 0 Å². The van der Waals surface area contributed by atoms with Gasteiger partial charge in [0, 0.05) is 12.2 Å². The highest BCUT2D eigenvalue weighted by Crippen LogP contribution is 2.22. The molecule has 4 nitrogen and oxygen atoms in total. The minimum atomic E-state index is -0.570. The molecule has 0 radical (unpaired) electrons. The smallest absolute Gasteiger partial charge is 0.138 e. The maximum absolute atomic E-state index is 9.81. The number of aromatic nitrogens is 1. The normalized spacial score (nSPS) is 13.9. The number of hydrogen-bond acceptors (Lipinski definition) is 4. The third-order valence-corrected chi connectivity index (χ3v) is 3.46. The maximum Gasteiger partial charge on any atom is 0.138 e. The monoisotopic (exact) mass is 272 g/mol. The Morgan fingerprint density at radius 3 is 2.50 bits per heavy atom. The van der Waals surface area contributed by atoms with Crippen molar-refractivity contribution in [3.63, 3.8) is 0 Å². The van der Waals surface area contributed by atoms with Gasteiger partial charge in [0.25, 0.3) is 0 Å². The molecule has 0 amide bonds. The van der Waals surface area contributed by atoms with Crippen molar-refractivity contribution >= 4 is 0 Å². The van der Waals surface area contributed by atoms with Crippen LogP contribution in [-0.2, 0) is 12.1 Å². The number of aromatic hydroxyl groups is 1. The van der Waals surface area contributed by atoms with Gasteiger partial charge in [0.15, 0.2) is 0 Å². The standard InChI is InChI=1S/C16H20N2O2/c1-12-8-9-15(20)14(18-12)10-17-16(2,11-19)13-6-4-3-5-7-13/h3-9,17,19-20H,10-11H2,1-2H3. The van der Waals surface area contributed by atoms with Gasteiger partial charge >= 0.3 is 0 Å². The molecule has 1 aromatic heterocycles. The van der Waals surface area contributed by atoms with E-state index in [2.05, 4.69) is 10.3 Å². The van der Waals surface area contributed by atoms with Crippen LogP contribution in [-0.4, -0.2) is 21.8 Å². The molecular weight excluding hydrogens is 252 g/mol. The maximum atomic E-state index is 9.81. The second-order valence-corrected chi connectivity index (χ2v) is 5.13. The molecular formula is C16H20N2O2. The van der Waals surface area contributed by atoms with Gasteiger partial charge in [0.1, 0.15) is 5.75 Å². The second-order valence-electron chi connectivity index (χ2n) is 5.13. The van der Waals surface area contributed by atoms with Crippen molar-refractivity contribution in [2.45, 2.75) is 25.9 Å². The Hall–Kier alpha value is -1.91. The van der Waals surface area contributed by atoms with Crippen LogP contribution in [0.1, 0.15) is 23.9 Å². The van der Waals surface area contributed by atoms with Crippen LogP contribution in [0.3, 0.4) is 0 Å². The number of nitrogens with zero attached hydrogens (tertiary/aromatic N) is 1. The number of hydrogen-bond donors (Lipinski definition) is 3. The van der Waals surface area contributed by atoms with Gasteiger partial charge in [-0.25, -0.2) is 0 Å². The fourth-order valence-electron chi connectivity index (χ4n) is 2.07. The number of nitrogens with one attached hydrogen (secondary N) is 1. The average Bonchev–Trinajstić information content (AvgIpc) is 2.49. The van der Waals surface area contributed by atoms with Crippen molar-refractivity contribution in [2.24, 2.45) is 0 Å². The van der Waals surface area contributed by atoms with E-state index in [1.807, 2.05) is 44.2 Å². The van der Waals surface area contributed by atoms with E-state index >= 15 is 0 Å². The third-order valence-electron chi connectivity index (χ3n) is 3.46. The highest BCUT2D eigenvalue weighted by Gasteiger charge is 2.25. The molecule has 1 unspecified atom stereocenters. The average molecular weight is 272 g/mol. The summed E-state index contributed by atoms with van der Waals surface area (Å²) in [5, 5.41) is 22.8. The molecule has 0 aliphatic carbocycles. The van der Waals surface area contributed by atoms with Gasteiger partial charge in [0.05, 0.1) is 17.8 Å². The molecule has 0 aliphatic rings. The molecule has 0 spiro atoms. The fourth-order valence-corrected chi connectivity index (χ4v) is 2.07. The lowest BCUT2D eigenvalue weighted by atomic mass is 9.93. The minimum absolute atomic E-state index is 0.0381. The van der Waals surface area contributed by atoms with E-state index in [1.165, 1.54) is 0 Å². The van der Waals surface area contributed by atoms with E-state index < -0.39 is 5.54 Å². The molecule has 0 saturated carbocycles. The molecule has 1 aromatic carbocycles. The predicted octanol–water partition coefficient (Wildman–Crippen LogP) is 2.09. The van der Waals surface area contributed by atoms with Crippen molar-refractivity contribution in [2.75, 3.05) is 6.61 Å². The van der Waals surface area contributed by atoms with Gasteiger partial charge in [-0.05, 0) is 31.5 Å². The van der Waals surface area contributed by atoms with Gasteiger partial charge in [0.2, 0.25) is 0 Å². The van der Waals surface area contributed by atoms with E-state index in [9.17, 15) is 10.2 Å². The molecule has 0 fully saturated rings. The van der Waals surface area contributed by atoms with E-state index in [-0.39, 0.29) is 12.4 Å². The number of aryl methyl sites for hydroxylation is 1. The topological polar surface area (TPSA) is 65.4 Å². The highest BCUT2D eigenvalue weighted by molar-refractivity contribution is 5.29. The fraction of sp³-hybridized carbons (Fsp3) is 0.312. The number of pyridine rings is 1. The zero-order chi connectivity index (χ0) is 14.6. The third kappa shape index (κ3) is 3.15. The first-order valence-corrected chi connectivity index (χ1v) is 6.62. The summed E-state index contributed by atoms with van der Waals surface area (Å²) in [6, 6.07) is 13.1. The van der Waals surface area contributed by atoms with Crippen LogP contribution in [0.25, 0.3) is 0 Å². The van der Waals surface area contributed by atoms with Crippen molar-refractivity contribution in [1.29, 1.82) is 0 Å². The first kappa shape index (κ1) is 14.5. The van der Waals surface area contributed by atoms with E-state index in [0.717, 1.165) is 11.3 Å². The van der Waals surface area contributed by atoms with Crippen LogP contribution in [0, 0.1) is 6.92 Å². The Labute approximate surface area is 119 Å². The Balaban J connectivity index is 2.17. The molecule has 0 bridgehead atoms. The van der Waals surface area contributed by atoms with Crippen LogP contribution in [0.15, 0.2) is 42.5 Å². The molecule has 0 saturated heterocycles. The van der Waals surface area contributed by atoms with Gasteiger partial charge in [-0.3, -0.25) is 10.3 Å². The van der Waals surface area contributed by atoms with Crippen LogP contribution in [0.2, 0.25) is 0 Å². The van der Waals surface area contributed by atoms with Crippen molar-refractivity contribution in [1.82, 2.24) is 10.3 Å². The molecule has 2 aromatic rings. The SMILES string of the molecule is Cc1ccc(O)c(CNC(C)(CO)c2ccccc2)n1. The summed E-state index contributed by atoms with van der Waals surface area (Å²) in [7, 11) is 0. The molecule has 0 aliphatic heterocycles. The van der Waals surface area contributed by atoms with Crippen LogP contribution >= 0.6 is 0 Å². The van der Waals surface area contributed by atoms with Crippen molar-refractivity contribution in [3.05, 3.63) is 59.4 Å². The molecule has 2 rings (SSSR count). The molecule has 3 N–H and O–H groups in total. The summed E-state index contributed by atoms with van der Waals surface area (Å²) in [5.41, 5.74) is 1.86. The largest absolute Gasteiger partial charge is 0.506 e. The number of aliphatic hydroxyl groups is 1. The summed E-state index contributed by atoms with van der Waals surface area (Å²) in [5.74, 6) is 0.163. The van der Waals surface area contributed by atoms with Gasteiger partial charge in [-0.15, -0.1) is 0 Å². The zero-order valence-electron chi connectivity index (χ0n) is 11.8. The zero-order valence-corrected chi connectivity index (χ0v) is 11.8. The Kier molecular flexibility index (Phi) is 4.37. The quantitative estimate of drug-likeness (QED) is 0.780. The van der Waals surface area contributed by atoms with E-state index in [0.29, 0.717) is 12.2 Å². The predicted molar refractivity (Wildman–Crippen MR) is 78.4 cm³/mol. The van der Waals surface area contributed by atoms with Gasteiger partial charge in [-0.1, -0.05) is 30.3 Å². The van der Waals surface area contributed by atoms with Crippen LogP contribution in [0.5, 0.6) is 5.75 Å². The molecule has 4 heteroatoms. The molecule has 20 heavy (non-hydrogen) atoms. The number of benzene rings is 1. The van der Waals surface area contributed by atoms with Crippen LogP contribution < -0.4 is 5.32 Å². The Bertz CT molecular complexity index is 572. The van der Waals surface area contributed by atoms with Crippen molar-refractivity contribution < 1.29 is 10.2 Å². The lowest BCUT2D eigenvalue weighted by Crippen LogP contribution is -2.42. The number of aliphatic hydroxyl groups excluding tert-OH is 1. The number of rotatable bonds is 5. The van der Waals surface area contributed by atoms with E-state index in [1.54, 1.807) is 12.1 Å². The minimum Gasteiger partial charge on any atom is -0.506 e. The molecule has 1 heterocycles. The summed E-state index contributed by atoms with van der Waals surface area (Å²) in [4.78, 5) is 4.31. The second kappa shape index (κ2) is 6.03. The molecule has 106 valence electrons. The van der Waals surface area contributed by atoms with E-state index in [4.69, 9.17) is 0 Å². The Morgan fingerprint density at radius 1 is 1.15 bits per heavy atom. The first-order chi connectivity index (χ1) is 9.55. The lowest BCUT2D eigenvalue weighted by Gasteiger charge is -2.29. The Morgan fingerprint density at radius 2 is 1.85 bits per heavy atom. The summed E-state index contributed by atoms with van der Waals surface area (Å²) in [6.07, 6.45) is 0.